The zero-order chi connectivity index (χ0) is 12.5. The minimum atomic E-state index is 0.323. The molecule has 0 aromatic carbocycles. The number of nitrogens with one attached hydrogen (secondary N) is 1. The van der Waals surface area contributed by atoms with E-state index in [1.165, 1.54) is 17.7 Å². The van der Waals surface area contributed by atoms with Gasteiger partial charge in [0, 0.05) is 31.4 Å². The summed E-state index contributed by atoms with van der Waals surface area (Å²) in [6.07, 6.45) is 3.21. The van der Waals surface area contributed by atoms with Crippen LogP contribution in [0.3, 0.4) is 0 Å². The third-order valence-electron chi connectivity index (χ3n) is 3.95. The predicted octanol–water partition coefficient (Wildman–Crippen LogP) is 0.388. The molecule has 1 unspecified atom stereocenters. The summed E-state index contributed by atoms with van der Waals surface area (Å²) in [5.41, 5.74) is 2.43. The Morgan fingerprint density at radius 1 is 1.28 bits per heavy atom. The van der Waals surface area contributed by atoms with Gasteiger partial charge in [0.15, 0.2) is 0 Å². The van der Waals surface area contributed by atoms with Gasteiger partial charge in [-0.3, -0.25) is 4.90 Å². The third kappa shape index (κ3) is 2.25. The molecule has 1 fully saturated rings. The van der Waals surface area contributed by atoms with Crippen molar-refractivity contribution >= 4 is 0 Å². The molecule has 5 nitrogen and oxygen atoms in total. The first kappa shape index (κ1) is 12.0. The molecule has 18 heavy (non-hydrogen) atoms. The van der Waals surface area contributed by atoms with Crippen molar-refractivity contribution in [2.75, 3.05) is 33.7 Å². The van der Waals surface area contributed by atoms with Crippen molar-refractivity contribution in [1.29, 1.82) is 0 Å². The van der Waals surface area contributed by atoms with Crippen molar-refractivity contribution in [1.82, 2.24) is 25.1 Å². The van der Waals surface area contributed by atoms with E-state index in [0.717, 1.165) is 38.5 Å². The van der Waals surface area contributed by atoms with Crippen LogP contribution in [0, 0.1) is 0 Å². The molecule has 2 aliphatic heterocycles. The van der Waals surface area contributed by atoms with Crippen LogP contribution >= 0.6 is 0 Å². The van der Waals surface area contributed by atoms with Gasteiger partial charge in [-0.1, -0.05) is 0 Å². The average Bonchev–Trinajstić information content (AvgIpc) is 2.76. The van der Waals surface area contributed by atoms with Crippen molar-refractivity contribution in [2.24, 2.45) is 0 Å². The molecule has 1 aromatic rings. The van der Waals surface area contributed by atoms with Gasteiger partial charge in [-0.25, -0.2) is 9.97 Å². The topological polar surface area (TPSA) is 44.3 Å². The second-order valence-corrected chi connectivity index (χ2v) is 5.42. The fraction of sp³-hybridized carbons (Fsp3) is 0.692. The fourth-order valence-electron chi connectivity index (χ4n) is 2.78. The molecular weight excluding hydrogens is 226 g/mol. The van der Waals surface area contributed by atoms with E-state index in [1.807, 2.05) is 6.20 Å². The van der Waals surface area contributed by atoms with Crippen molar-refractivity contribution in [3.05, 3.63) is 23.3 Å². The summed E-state index contributed by atoms with van der Waals surface area (Å²) in [6.45, 7) is 5.09. The lowest BCUT2D eigenvalue weighted by molar-refractivity contribution is 0.219. The number of aromatic nitrogens is 2. The minimum absolute atomic E-state index is 0.323. The SMILES string of the molecule is CN1CCCN(C)C(c2ncc3c(n2)CNC3)C1. The van der Waals surface area contributed by atoms with E-state index >= 15 is 0 Å². The summed E-state index contributed by atoms with van der Waals surface area (Å²) in [6, 6.07) is 0.323. The van der Waals surface area contributed by atoms with Crippen LogP contribution in [0.25, 0.3) is 0 Å². The molecule has 0 saturated carbocycles. The van der Waals surface area contributed by atoms with Crippen LogP contribution in [0.15, 0.2) is 6.20 Å². The molecule has 5 heteroatoms. The van der Waals surface area contributed by atoms with Crippen LogP contribution < -0.4 is 5.32 Å². The van der Waals surface area contributed by atoms with Gasteiger partial charge in [0.05, 0.1) is 11.7 Å². The Morgan fingerprint density at radius 3 is 3.06 bits per heavy atom. The van der Waals surface area contributed by atoms with Crippen LogP contribution in [0.5, 0.6) is 0 Å². The zero-order valence-electron chi connectivity index (χ0n) is 11.2. The van der Waals surface area contributed by atoms with Gasteiger partial charge in [-0.15, -0.1) is 0 Å². The van der Waals surface area contributed by atoms with E-state index < -0.39 is 0 Å². The molecule has 1 atom stereocenters. The van der Waals surface area contributed by atoms with Gasteiger partial charge in [-0.2, -0.15) is 0 Å². The minimum Gasteiger partial charge on any atom is -0.307 e. The van der Waals surface area contributed by atoms with Gasteiger partial charge >= 0.3 is 0 Å². The molecule has 0 amide bonds. The van der Waals surface area contributed by atoms with Gasteiger partial charge in [0.25, 0.3) is 0 Å². The third-order valence-corrected chi connectivity index (χ3v) is 3.95. The molecule has 3 rings (SSSR count). The standard InChI is InChI=1S/C13H21N5/c1-17-4-3-5-18(2)12(9-17)13-15-7-10-6-14-8-11(10)16-13/h7,12,14H,3-6,8-9H2,1-2H3. The summed E-state index contributed by atoms with van der Waals surface area (Å²) < 4.78 is 0. The molecule has 0 radical (unpaired) electrons. The molecule has 1 aromatic heterocycles. The molecule has 0 aliphatic carbocycles. The zero-order valence-corrected chi connectivity index (χ0v) is 11.2. The lowest BCUT2D eigenvalue weighted by Crippen LogP contribution is -2.32. The highest BCUT2D eigenvalue weighted by Crippen LogP contribution is 2.22. The number of nitrogens with zero attached hydrogens (tertiary/aromatic N) is 4. The lowest BCUT2D eigenvalue weighted by atomic mass is 10.2. The monoisotopic (exact) mass is 247 g/mol. The normalized spacial score (nSPS) is 26.0. The molecule has 2 aliphatic rings. The van der Waals surface area contributed by atoms with E-state index in [9.17, 15) is 0 Å². The fourth-order valence-corrected chi connectivity index (χ4v) is 2.78. The highest BCUT2D eigenvalue weighted by molar-refractivity contribution is 5.22. The Labute approximate surface area is 108 Å². The Hall–Kier alpha value is -1.04. The second kappa shape index (κ2) is 4.91. The Bertz CT molecular complexity index is 433. The average molecular weight is 247 g/mol. The second-order valence-electron chi connectivity index (χ2n) is 5.42. The molecule has 0 spiro atoms. The maximum absolute atomic E-state index is 4.76. The van der Waals surface area contributed by atoms with Gasteiger partial charge in [0.2, 0.25) is 0 Å². The molecule has 1 N–H and O–H groups in total. The molecule has 98 valence electrons. The Kier molecular flexibility index (Phi) is 3.28. The Morgan fingerprint density at radius 2 is 2.17 bits per heavy atom. The van der Waals surface area contributed by atoms with Crippen molar-refractivity contribution in [3.8, 4) is 0 Å². The predicted molar refractivity (Wildman–Crippen MR) is 70.1 cm³/mol. The summed E-state index contributed by atoms with van der Waals surface area (Å²) >= 11 is 0. The number of rotatable bonds is 1. The van der Waals surface area contributed by atoms with Crippen molar-refractivity contribution in [2.45, 2.75) is 25.6 Å². The maximum Gasteiger partial charge on any atom is 0.147 e. The van der Waals surface area contributed by atoms with Crippen molar-refractivity contribution in [3.63, 3.8) is 0 Å². The first-order valence-corrected chi connectivity index (χ1v) is 6.68. The van der Waals surface area contributed by atoms with E-state index in [0.29, 0.717) is 6.04 Å². The first-order chi connectivity index (χ1) is 8.74. The number of hydrogen-bond donors (Lipinski definition) is 1. The van der Waals surface area contributed by atoms with Crippen LogP contribution in [0.2, 0.25) is 0 Å². The summed E-state index contributed by atoms with van der Waals surface area (Å²) in [4.78, 5) is 14.1. The van der Waals surface area contributed by atoms with Crippen LogP contribution in [0.4, 0.5) is 0 Å². The van der Waals surface area contributed by atoms with E-state index in [4.69, 9.17) is 4.98 Å². The molecule has 1 saturated heterocycles. The number of likely N-dealkylation sites (N-methyl/N-ethyl adjacent to an activating group) is 2. The lowest BCUT2D eigenvalue weighted by Gasteiger charge is -2.26. The van der Waals surface area contributed by atoms with Crippen LogP contribution in [0.1, 0.15) is 29.5 Å². The molecule has 3 heterocycles. The largest absolute Gasteiger partial charge is 0.307 e. The van der Waals surface area contributed by atoms with Crippen LogP contribution in [-0.2, 0) is 13.1 Å². The Balaban J connectivity index is 1.87. The summed E-state index contributed by atoms with van der Waals surface area (Å²) in [7, 11) is 4.36. The maximum atomic E-state index is 4.76. The van der Waals surface area contributed by atoms with E-state index in [1.54, 1.807) is 0 Å². The van der Waals surface area contributed by atoms with Gasteiger partial charge < -0.3 is 10.2 Å². The van der Waals surface area contributed by atoms with Crippen molar-refractivity contribution < 1.29 is 0 Å². The van der Waals surface area contributed by atoms with Crippen LogP contribution in [-0.4, -0.2) is 53.5 Å². The summed E-state index contributed by atoms with van der Waals surface area (Å²) in [5, 5.41) is 3.32. The number of fused-ring (bicyclic) bond motifs is 1. The quantitative estimate of drug-likeness (QED) is 0.777. The van der Waals surface area contributed by atoms with E-state index in [2.05, 4.69) is 34.2 Å². The smallest absolute Gasteiger partial charge is 0.147 e. The number of hydrogen-bond acceptors (Lipinski definition) is 5. The highest BCUT2D eigenvalue weighted by atomic mass is 15.2. The molecular formula is C13H21N5. The van der Waals surface area contributed by atoms with Gasteiger partial charge in [0.1, 0.15) is 5.82 Å². The van der Waals surface area contributed by atoms with E-state index in [-0.39, 0.29) is 0 Å². The highest BCUT2D eigenvalue weighted by Gasteiger charge is 2.25. The van der Waals surface area contributed by atoms with Gasteiger partial charge in [-0.05, 0) is 33.6 Å². The first-order valence-electron chi connectivity index (χ1n) is 6.68. The summed E-state index contributed by atoms with van der Waals surface area (Å²) in [5.74, 6) is 0.980. The molecule has 0 bridgehead atoms.